The van der Waals surface area contributed by atoms with E-state index in [-0.39, 0.29) is 18.8 Å². The molecule has 2 rings (SSSR count). The fourth-order valence-corrected chi connectivity index (χ4v) is 1.38. The number of carbonyl (C=O) groups is 2. The molecule has 2 heterocycles. The number of aryl methyl sites for hydroxylation is 1. The van der Waals surface area contributed by atoms with E-state index in [4.69, 9.17) is 9.63 Å². The zero-order valence-electron chi connectivity index (χ0n) is 10.0. The Morgan fingerprint density at radius 1 is 1.53 bits per heavy atom. The SMILES string of the molecule is Cc1cc(CNC(=O)c2cn(CC(=O)O)nn2)on1. The van der Waals surface area contributed by atoms with Crippen molar-refractivity contribution < 1.29 is 19.2 Å². The molecule has 0 aromatic carbocycles. The van der Waals surface area contributed by atoms with Crippen LogP contribution in [0, 0.1) is 6.92 Å². The van der Waals surface area contributed by atoms with Crippen molar-refractivity contribution >= 4 is 11.9 Å². The molecule has 1 amide bonds. The number of nitrogens with one attached hydrogen (secondary N) is 1. The third kappa shape index (κ3) is 3.37. The van der Waals surface area contributed by atoms with Gasteiger partial charge in [0.1, 0.15) is 6.54 Å². The van der Waals surface area contributed by atoms with Crippen LogP contribution >= 0.6 is 0 Å². The summed E-state index contributed by atoms with van der Waals surface area (Å²) < 4.78 is 5.99. The number of aromatic nitrogens is 4. The summed E-state index contributed by atoms with van der Waals surface area (Å²) >= 11 is 0. The lowest BCUT2D eigenvalue weighted by Crippen LogP contribution is -2.23. The normalized spacial score (nSPS) is 10.4. The van der Waals surface area contributed by atoms with Crippen LogP contribution in [0.2, 0.25) is 0 Å². The standard InChI is InChI=1S/C10H11N5O4/c1-6-2-7(19-13-6)3-11-10(18)8-4-15(14-12-8)5-9(16)17/h2,4H,3,5H2,1H3,(H,11,18)(H,16,17). The van der Waals surface area contributed by atoms with Gasteiger partial charge in [0.05, 0.1) is 18.4 Å². The van der Waals surface area contributed by atoms with Crippen LogP contribution in [-0.4, -0.2) is 37.1 Å². The van der Waals surface area contributed by atoms with Crippen LogP contribution in [0.3, 0.4) is 0 Å². The second-order valence-corrected chi connectivity index (χ2v) is 3.81. The zero-order chi connectivity index (χ0) is 13.8. The maximum atomic E-state index is 11.7. The largest absolute Gasteiger partial charge is 0.480 e. The zero-order valence-corrected chi connectivity index (χ0v) is 10.0. The highest BCUT2D eigenvalue weighted by Gasteiger charge is 2.12. The van der Waals surface area contributed by atoms with E-state index in [1.54, 1.807) is 13.0 Å². The molecule has 0 aliphatic rings. The Kier molecular flexibility index (Phi) is 3.55. The molecular weight excluding hydrogens is 254 g/mol. The van der Waals surface area contributed by atoms with Crippen LogP contribution in [0.25, 0.3) is 0 Å². The second-order valence-electron chi connectivity index (χ2n) is 3.81. The summed E-state index contributed by atoms with van der Waals surface area (Å²) in [5, 5.41) is 21.9. The number of hydrogen-bond acceptors (Lipinski definition) is 6. The monoisotopic (exact) mass is 265 g/mol. The third-order valence-electron chi connectivity index (χ3n) is 2.17. The van der Waals surface area contributed by atoms with E-state index in [9.17, 15) is 9.59 Å². The molecule has 0 saturated carbocycles. The first kappa shape index (κ1) is 12.7. The van der Waals surface area contributed by atoms with Crippen molar-refractivity contribution in [2.75, 3.05) is 0 Å². The van der Waals surface area contributed by atoms with Gasteiger partial charge >= 0.3 is 5.97 Å². The predicted molar refractivity (Wildman–Crippen MR) is 60.1 cm³/mol. The van der Waals surface area contributed by atoms with Gasteiger partial charge in [-0.2, -0.15) is 0 Å². The van der Waals surface area contributed by atoms with Crippen LogP contribution in [0.15, 0.2) is 16.8 Å². The van der Waals surface area contributed by atoms with Gasteiger partial charge in [0.15, 0.2) is 11.5 Å². The van der Waals surface area contributed by atoms with Gasteiger partial charge in [-0.15, -0.1) is 5.10 Å². The van der Waals surface area contributed by atoms with E-state index in [1.807, 2.05) is 0 Å². The molecule has 2 N–H and O–H groups in total. The minimum Gasteiger partial charge on any atom is -0.480 e. The first-order valence-electron chi connectivity index (χ1n) is 5.37. The van der Waals surface area contributed by atoms with Crippen LogP contribution in [0.1, 0.15) is 21.9 Å². The topological polar surface area (TPSA) is 123 Å². The number of amides is 1. The molecule has 100 valence electrons. The molecule has 2 aromatic heterocycles. The molecule has 0 unspecified atom stereocenters. The molecule has 0 spiro atoms. The Hall–Kier alpha value is -2.71. The van der Waals surface area contributed by atoms with Crippen molar-refractivity contribution in [3.8, 4) is 0 Å². The summed E-state index contributed by atoms with van der Waals surface area (Å²) in [6, 6.07) is 1.70. The average Bonchev–Trinajstić information content (AvgIpc) is 2.95. The van der Waals surface area contributed by atoms with E-state index in [1.165, 1.54) is 6.20 Å². The van der Waals surface area contributed by atoms with Gasteiger partial charge in [-0.05, 0) is 6.92 Å². The highest BCUT2D eigenvalue weighted by molar-refractivity contribution is 5.91. The Morgan fingerprint density at radius 2 is 2.32 bits per heavy atom. The van der Waals surface area contributed by atoms with E-state index >= 15 is 0 Å². The molecule has 0 atom stereocenters. The fraction of sp³-hybridized carbons (Fsp3) is 0.300. The van der Waals surface area contributed by atoms with E-state index < -0.39 is 11.9 Å². The number of rotatable bonds is 5. The van der Waals surface area contributed by atoms with Gasteiger partial charge in [0.25, 0.3) is 5.91 Å². The van der Waals surface area contributed by atoms with Crippen LogP contribution in [-0.2, 0) is 17.9 Å². The summed E-state index contributed by atoms with van der Waals surface area (Å²) in [6.07, 6.45) is 1.26. The smallest absolute Gasteiger partial charge is 0.325 e. The fourth-order valence-electron chi connectivity index (χ4n) is 1.38. The highest BCUT2D eigenvalue weighted by Crippen LogP contribution is 2.02. The van der Waals surface area contributed by atoms with Gasteiger partial charge in [0, 0.05) is 6.07 Å². The van der Waals surface area contributed by atoms with Crippen molar-refractivity contribution in [1.29, 1.82) is 0 Å². The molecule has 2 aromatic rings. The van der Waals surface area contributed by atoms with Crippen molar-refractivity contribution in [3.63, 3.8) is 0 Å². The Bertz CT molecular complexity index is 603. The van der Waals surface area contributed by atoms with Crippen molar-refractivity contribution in [2.45, 2.75) is 20.0 Å². The van der Waals surface area contributed by atoms with Gasteiger partial charge < -0.3 is 14.9 Å². The van der Waals surface area contributed by atoms with Crippen molar-refractivity contribution in [1.82, 2.24) is 25.5 Å². The maximum absolute atomic E-state index is 11.7. The van der Waals surface area contributed by atoms with E-state index in [0.29, 0.717) is 5.76 Å². The number of carboxylic acid groups (broad SMARTS) is 1. The molecule has 19 heavy (non-hydrogen) atoms. The molecule has 0 fully saturated rings. The highest BCUT2D eigenvalue weighted by atomic mass is 16.5. The lowest BCUT2D eigenvalue weighted by molar-refractivity contribution is -0.137. The van der Waals surface area contributed by atoms with Gasteiger partial charge in [-0.25, -0.2) is 4.68 Å². The molecule has 0 saturated heterocycles. The molecule has 9 heteroatoms. The second kappa shape index (κ2) is 5.29. The first-order valence-corrected chi connectivity index (χ1v) is 5.37. The van der Waals surface area contributed by atoms with Crippen molar-refractivity contribution in [3.05, 3.63) is 29.4 Å². The van der Waals surface area contributed by atoms with Crippen LogP contribution in [0.4, 0.5) is 0 Å². The average molecular weight is 265 g/mol. The Morgan fingerprint density at radius 3 is 2.95 bits per heavy atom. The predicted octanol–water partition coefficient (Wildman–Crippen LogP) is -0.411. The van der Waals surface area contributed by atoms with E-state index in [2.05, 4.69) is 20.8 Å². The van der Waals surface area contributed by atoms with Gasteiger partial charge in [0.2, 0.25) is 0 Å². The number of hydrogen-bond donors (Lipinski definition) is 2. The van der Waals surface area contributed by atoms with Gasteiger partial charge in [-0.3, -0.25) is 9.59 Å². The molecule has 0 aliphatic carbocycles. The Balaban J connectivity index is 1.92. The van der Waals surface area contributed by atoms with Crippen LogP contribution < -0.4 is 5.32 Å². The summed E-state index contributed by atoms with van der Waals surface area (Å²) in [5.41, 5.74) is 0.758. The molecule has 0 bridgehead atoms. The number of carbonyl (C=O) groups excluding carboxylic acids is 1. The quantitative estimate of drug-likeness (QED) is 0.753. The summed E-state index contributed by atoms with van der Waals surface area (Å²) in [5.74, 6) is -1.01. The lowest BCUT2D eigenvalue weighted by Gasteiger charge is -1.98. The molecule has 0 aliphatic heterocycles. The minimum atomic E-state index is -1.06. The number of carboxylic acids is 1. The number of nitrogens with zero attached hydrogens (tertiary/aromatic N) is 4. The van der Waals surface area contributed by atoms with Crippen molar-refractivity contribution in [2.24, 2.45) is 0 Å². The summed E-state index contributed by atoms with van der Waals surface area (Å²) in [7, 11) is 0. The lowest BCUT2D eigenvalue weighted by atomic mass is 10.3. The molecule has 0 radical (unpaired) electrons. The molecule has 9 nitrogen and oxygen atoms in total. The maximum Gasteiger partial charge on any atom is 0.325 e. The Labute approximate surface area is 107 Å². The van der Waals surface area contributed by atoms with Crippen LogP contribution in [0.5, 0.6) is 0 Å². The van der Waals surface area contributed by atoms with Gasteiger partial charge in [-0.1, -0.05) is 10.4 Å². The van der Waals surface area contributed by atoms with E-state index in [0.717, 1.165) is 10.4 Å². The summed E-state index contributed by atoms with van der Waals surface area (Å²) in [4.78, 5) is 22.1. The third-order valence-corrected chi connectivity index (χ3v) is 2.17. The first-order chi connectivity index (χ1) is 9.04. The number of aliphatic carboxylic acids is 1. The molecular formula is C10H11N5O4. The minimum absolute atomic E-state index is 0.0393. The summed E-state index contributed by atoms with van der Waals surface area (Å²) in [6.45, 7) is 1.60.